The van der Waals surface area contributed by atoms with Gasteiger partial charge < -0.3 is 9.47 Å². The molecule has 94 valence electrons. The molecule has 1 heterocycles. The molecule has 0 radical (unpaired) electrons. The van der Waals surface area contributed by atoms with Crippen LogP contribution in [-0.2, 0) is 9.53 Å². The summed E-state index contributed by atoms with van der Waals surface area (Å²) in [5, 5.41) is 0.529. The van der Waals surface area contributed by atoms with E-state index in [0.717, 1.165) is 5.69 Å². The molecule has 1 rings (SSSR count). The molecule has 5 nitrogen and oxygen atoms in total. The molecule has 0 amide bonds. The first-order chi connectivity index (χ1) is 8.15. The van der Waals surface area contributed by atoms with Crippen LogP contribution in [0, 0.1) is 6.92 Å². The van der Waals surface area contributed by atoms with E-state index in [0.29, 0.717) is 24.3 Å². The second kappa shape index (κ2) is 7.11. The fraction of sp³-hybridized carbons (Fsp3) is 0.545. The van der Waals surface area contributed by atoms with Crippen molar-refractivity contribution in [1.29, 1.82) is 0 Å². The van der Waals surface area contributed by atoms with E-state index in [1.54, 1.807) is 13.0 Å². The number of carbonyl (C=O) groups is 1. The van der Waals surface area contributed by atoms with E-state index in [9.17, 15) is 4.79 Å². The number of esters is 1. The van der Waals surface area contributed by atoms with Crippen LogP contribution < -0.4 is 4.74 Å². The molecule has 17 heavy (non-hydrogen) atoms. The zero-order chi connectivity index (χ0) is 12.7. The van der Waals surface area contributed by atoms with Gasteiger partial charge in [-0.25, -0.2) is 4.98 Å². The number of ether oxygens (including phenoxy) is 2. The molecule has 0 atom stereocenters. The molecule has 0 aliphatic heterocycles. The zero-order valence-corrected chi connectivity index (χ0v) is 11.0. The highest BCUT2D eigenvalue weighted by molar-refractivity contribution is 7.99. The Hall–Kier alpha value is -1.30. The minimum Gasteiger partial charge on any atom is -0.478 e. The van der Waals surface area contributed by atoms with Gasteiger partial charge in [-0.05, 0) is 20.8 Å². The molecule has 6 heteroatoms. The van der Waals surface area contributed by atoms with Gasteiger partial charge in [0.2, 0.25) is 5.88 Å². The van der Waals surface area contributed by atoms with Crippen molar-refractivity contribution in [3.63, 3.8) is 0 Å². The van der Waals surface area contributed by atoms with Gasteiger partial charge in [-0.3, -0.25) is 4.79 Å². The van der Waals surface area contributed by atoms with Gasteiger partial charge in [0, 0.05) is 11.8 Å². The van der Waals surface area contributed by atoms with Crippen molar-refractivity contribution in [3.05, 3.63) is 11.8 Å². The first kappa shape index (κ1) is 13.8. The number of rotatable bonds is 6. The van der Waals surface area contributed by atoms with Gasteiger partial charge in [0.25, 0.3) is 0 Å². The molecule has 1 aromatic rings. The van der Waals surface area contributed by atoms with Gasteiger partial charge in [-0.1, -0.05) is 11.8 Å². The fourth-order valence-corrected chi connectivity index (χ4v) is 1.82. The van der Waals surface area contributed by atoms with E-state index in [-0.39, 0.29) is 11.7 Å². The Labute approximate surface area is 105 Å². The lowest BCUT2D eigenvalue weighted by atomic mass is 10.4. The van der Waals surface area contributed by atoms with Crippen molar-refractivity contribution in [2.24, 2.45) is 0 Å². The number of aromatic nitrogens is 2. The van der Waals surface area contributed by atoms with Crippen molar-refractivity contribution in [2.45, 2.75) is 25.9 Å². The smallest absolute Gasteiger partial charge is 0.316 e. The Kier molecular flexibility index (Phi) is 5.76. The normalized spacial score (nSPS) is 10.1. The highest BCUT2D eigenvalue weighted by Crippen LogP contribution is 2.17. The minimum absolute atomic E-state index is 0.211. The predicted molar refractivity (Wildman–Crippen MR) is 65.3 cm³/mol. The van der Waals surface area contributed by atoms with Crippen LogP contribution in [0.1, 0.15) is 19.5 Å². The molecule has 1 aromatic heterocycles. The molecule has 0 bridgehead atoms. The molecule has 0 fully saturated rings. The number of nitrogens with zero attached hydrogens (tertiary/aromatic N) is 2. The topological polar surface area (TPSA) is 61.3 Å². The van der Waals surface area contributed by atoms with Crippen LogP contribution in [0.25, 0.3) is 0 Å². The Bertz CT molecular complexity index is 385. The zero-order valence-electron chi connectivity index (χ0n) is 10.2. The van der Waals surface area contributed by atoms with E-state index >= 15 is 0 Å². The Morgan fingerprint density at radius 1 is 1.35 bits per heavy atom. The van der Waals surface area contributed by atoms with Crippen LogP contribution in [0.3, 0.4) is 0 Å². The predicted octanol–water partition coefficient (Wildman–Crippen LogP) is 1.84. The fourth-order valence-electron chi connectivity index (χ4n) is 1.13. The average molecular weight is 256 g/mol. The summed E-state index contributed by atoms with van der Waals surface area (Å²) in [7, 11) is 0. The quantitative estimate of drug-likeness (QED) is 0.439. The number of hydrogen-bond acceptors (Lipinski definition) is 6. The lowest BCUT2D eigenvalue weighted by Crippen LogP contribution is -2.07. The number of thioether (sulfide) groups is 1. The molecule has 0 saturated carbocycles. The second-order valence-electron chi connectivity index (χ2n) is 3.16. The number of aryl methyl sites for hydroxylation is 1. The van der Waals surface area contributed by atoms with Crippen LogP contribution in [0.5, 0.6) is 5.88 Å². The maximum Gasteiger partial charge on any atom is 0.316 e. The number of hydrogen-bond donors (Lipinski definition) is 0. The van der Waals surface area contributed by atoms with Gasteiger partial charge in [-0.2, -0.15) is 4.98 Å². The highest BCUT2D eigenvalue weighted by atomic mass is 32.2. The highest BCUT2D eigenvalue weighted by Gasteiger charge is 2.07. The van der Waals surface area contributed by atoms with Crippen LogP contribution in [0.4, 0.5) is 0 Å². The molecule has 0 aliphatic carbocycles. The van der Waals surface area contributed by atoms with Gasteiger partial charge in [0.05, 0.1) is 19.0 Å². The molecule has 0 saturated heterocycles. The Morgan fingerprint density at radius 3 is 2.76 bits per heavy atom. The lowest BCUT2D eigenvalue weighted by molar-refractivity contribution is -0.139. The van der Waals surface area contributed by atoms with Crippen molar-refractivity contribution in [1.82, 2.24) is 9.97 Å². The van der Waals surface area contributed by atoms with Crippen molar-refractivity contribution in [3.8, 4) is 5.88 Å². The molecule has 0 aromatic carbocycles. The SMILES string of the molecule is CCOC(=O)CSc1nc(C)cc(OCC)n1. The first-order valence-electron chi connectivity index (χ1n) is 5.42. The van der Waals surface area contributed by atoms with E-state index in [2.05, 4.69) is 9.97 Å². The third kappa shape index (κ3) is 5.04. The van der Waals surface area contributed by atoms with Crippen molar-refractivity contribution < 1.29 is 14.3 Å². The van der Waals surface area contributed by atoms with Crippen molar-refractivity contribution in [2.75, 3.05) is 19.0 Å². The first-order valence-corrected chi connectivity index (χ1v) is 6.41. The Balaban J connectivity index is 2.61. The van der Waals surface area contributed by atoms with Gasteiger partial charge >= 0.3 is 5.97 Å². The maximum absolute atomic E-state index is 11.2. The van der Waals surface area contributed by atoms with E-state index < -0.39 is 0 Å². The maximum atomic E-state index is 11.2. The summed E-state index contributed by atoms with van der Waals surface area (Å²) in [6, 6.07) is 1.76. The summed E-state index contributed by atoms with van der Waals surface area (Å²) in [6.07, 6.45) is 0. The summed E-state index contributed by atoms with van der Waals surface area (Å²) in [4.78, 5) is 19.6. The van der Waals surface area contributed by atoms with Gasteiger partial charge in [0.1, 0.15) is 0 Å². The third-order valence-electron chi connectivity index (χ3n) is 1.73. The third-order valence-corrected chi connectivity index (χ3v) is 2.55. The summed E-state index contributed by atoms with van der Waals surface area (Å²) in [6.45, 7) is 6.47. The summed E-state index contributed by atoms with van der Waals surface area (Å²) < 4.78 is 10.1. The van der Waals surface area contributed by atoms with Crippen molar-refractivity contribution >= 4 is 17.7 Å². The minimum atomic E-state index is -0.263. The molecular weight excluding hydrogens is 240 g/mol. The van der Waals surface area contributed by atoms with Crippen LogP contribution in [0.15, 0.2) is 11.2 Å². The molecule has 0 spiro atoms. The van der Waals surface area contributed by atoms with E-state index in [1.165, 1.54) is 11.8 Å². The average Bonchev–Trinajstić information content (AvgIpc) is 2.26. The lowest BCUT2D eigenvalue weighted by Gasteiger charge is -2.05. The largest absolute Gasteiger partial charge is 0.478 e. The number of carbonyl (C=O) groups excluding carboxylic acids is 1. The standard InChI is InChI=1S/C11H16N2O3S/c1-4-15-9-6-8(3)12-11(13-9)17-7-10(14)16-5-2/h6H,4-5,7H2,1-3H3. The summed E-state index contributed by atoms with van der Waals surface area (Å²) in [5.74, 6) is 0.481. The van der Waals surface area contributed by atoms with Gasteiger partial charge in [0.15, 0.2) is 5.16 Å². The molecular formula is C11H16N2O3S. The van der Waals surface area contributed by atoms with E-state index in [4.69, 9.17) is 9.47 Å². The van der Waals surface area contributed by atoms with Crippen LogP contribution >= 0.6 is 11.8 Å². The van der Waals surface area contributed by atoms with Gasteiger partial charge in [-0.15, -0.1) is 0 Å². The van der Waals surface area contributed by atoms with E-state index in [1.807, 2.05) is 13.8 Å². The van der Waals surface area contributed by atoms with Crippen LogP contribution in [0.2, 0.25) is 0 Å². The summed E-state index contributed by atoms with van der Waals surface area (Å²) >= 11 is 1.25. The molecule has 0 N–H and O–H groups in total. The second-order valence-corrected chi connectivity index (χ2v) is 4.10. The summed E-state index contributed by atoms with van der Waals surface area (Å²) in [5.41, 5.74) is 0.815. The Morgan fingerprint density at radius 2 is 2.12 bits per heavy atom. The molecule has 0 aliphatic rings. The molecule has 0 unspecified atom stereocenters. The monoisotopic (exact) mass is 256 g/mol. The van der Waals surface area contributed by atoms with Crippen LogP contribution in [-0.4, -0.2) is 34.9 Å².